The first-order valence-corrected chi connectivity index (χ1v) is 5.12. The molecule has 1 rings (SSSR count). The van der Waals surface area contributed by atoms with Gasteiger partial charge in [0.25, 0.3) is 6.47 Å². The zero-order valence-electron chi connectivity index (χ0n) is 8.50. The summed E-state index contributed by atoms with van der Waals surface area (Å²) in [6.07, 6.45) is 12.0. The van der Waals surface area contributed by atoms with Crippen LogP contribution in [-0.4, -0.2) is 13.1 Å². The molecule has 0 saturated carbocycles. The Hall–Kier alpha value is -0.790. The Morgan fingerprint density at radius 3 is 2.23 bits per heavy atom. The molecule has 76 valence electrons. The normalized spacial score (nSPS) is 14.2. The zero-order valence-corrected chi connectivity index (χ0v) is 8.50. The highest BCUT2D eigenvalue weighted by molar-refractivity contribution is 5.36. The first kappa shape index (κ1) is 12.2. The van der Waals surface area contributed by atoms with Gasteiger partial charge in [0, 0.05) is 0 Å². The van der Waals surface area contributed by atoms with Crippen LogP contribution in [0.3, 0.4) is 0 Å². The average molecular weight is 184 g/mol. The molecule has 1 aliphatic carbocycles. The quantitative estimate of drug-likeness (QED) is 0.381. The van der Waals surface area contributed by atoms with Gasteiger partial charge in [0.1, 0.15) is 0 Å². The van der Waals surface area contributed by atoms with Crippen LogP contribution in [0.1, 0.15) is 45.4 Å². The van der Waals surface area contributed by atoms with E-state index in [0.29, 0.717) is 13.1 Å². The molecule has 2 heteroatoms. The summed E-state index contributed by atoms with van der Waals surface area (Å²) in [6.45, 7) is 3.10. The molecule has 0 amide bonds. The Bertz CT molecular complexity index is 122. The molecule has 0 unspecified atom stereocenters. The van der Waals surface area contributed by atoms with E-state index < -0.39 is 0 Å². The Morgan fingerprint density at radius 2 is 1.92 bits per heavy atom. The molecule has 2 nitrogen and oxygen atoms in total. The molecule has 1 aliphatic rings. The second-order valence-corrected chi connectivity index (χ2v) is 3.08. The molecule has 0 aromatic heterocycles. The molecule has 0 bridgehead atoms. The van der Waals surface area contributed by atoms with Gasteiger partial charge in [-0.1, -0.05) is 25.5 Å². The summed E-state index contributed by atoms with van der Waals surface area (Å²) < 4.78 is 4.39. The number of carbonyl (C=O) groups is 1. The van der Waals surface area contributed by atoms with E-state index >= 15 is 0 Å². The van der Waals surface area contributed by atoms with Crippen LogP contribution in [0, 0.1) is 0 Å². The number of hydrogen-bond acceptors (Lipinski definition) is 2. The Kier molecular flexibility index (Phi) is 10.5. The summed E-state index contributed by atoms with van der Waals surface area (Å²) >= 11 is 0. The molecule has 0 aliphatic heterocycles. The van der Waals surface area contributed by atoms with Crippen molar-refractivity contribution in [3.8, 4) is 0 Å². The predicted molar refractivity (Wildman–Crippen MR) is 54.5 cm³/mol. The lowest BCUT2D eigenvalue weighted by Gasteiger charge is -1.97. The van der Waals surface area contributed by atoms with Crippen LogP contribution < -0.4 is 0 Å². The Labute approximate surface area is 81.0 Å². The SMILES string of the molecule is C1=CCCCC1.CCCCOC=O. The molecule has 0 aromatic carbocycles. The van der Waals surface area contributed by atoms with Gasteiger partial charge in [-0.2, -0.15) is 0 Å². The largest absolute Gasteiger partial charge is 0.468 e. The number of ether oxygens (including phenoxy) is 1. The topological polar surface area (TPSA) is 26.3 Å². The fraction of sp³-hybridized carbons (Fsp3) is 0.727. The van der Waals surface area contributed by atoms with Crippen molar-refractivity contribution in [3.05, 3.63) is 12.2 Å². The van der Waals surface area contributed by atoms with Crippen LogP contribution in [-0.2, 0) is 9.53 Å². The van der Waals surface area contributed by atoms with Gasteiger partial charge in [0.2, 0.25) is 0 Å². The second kappa shape index (κ2) is 11.2. The van der Waals surface area contributed by atoms with Crippen molar-refractivity contribution >= 4 is 6.47 Å². The average Bonchev–Trinajstić information content (AvgIpc) is 2.22. The van der Waals surface area contributed by atoms with Gasteiger partial charge in [-0.3, -0.25) is 4.79 Å². The fourth-order valence-corrected chi connectivity index (χ4v) is 1.04. The van der Waals surface area contributed by atoms with Crippen molar-refractivity contribution in [2.24, 2.45) is 0 Å². The van der Waals surface area contributed by atoms with E-state index in [1.165, 1.54) is 25.7 Å². The zero-order chi connectivity index (χ0) is 9.78. The van der Waals surface area contributed by atoms with E-state index in [2.05, 4.69) is 16.9 Å². The van der Waals surface area contributed by atoms with E-state index in [-0.39, 0.29) is 0 Å². The summed E-state index contributed by atoms with van der Waals surface area (Å²) in [5.74, 6) is 0. The number of rotatable bonds is 4. The number of allylic oxidation sites excluding steroid dienone is 2. The fourth-order valence-electron chi connectivity index (χ4n) is 1.04. The minimum Gasteiger partial charge on any atom is -0.468 e. The third-order valence-corrected chi connectivity index (χ3v) is 1.84. The summed E-state index contributed by atoms with van der Waals surface area (Å²) in [7, 11) is 0. The minimum absolute atomic E-state index is 0.482. The smallest absolute Gasteiger partial charge is 0.293 e. The van der Waals surface area contributed by atoms with E-state index in [9.17, 15) is 4.79 Å². The summed E-state index contributed by atoms with van der Waals surface area (Å²) in [5.41, 5.74) is 0. The highest BCUT2D eigenvalue weighted by Gasteiger charge is 1.87. The molecule has 0 aromatic rings. The molecular formula is C11H20O2. The van der Waals surface area contributed by atoms with Gasteiger partial charge in [0.05, 0.1) is 6.61 Å². The molecular weight excluding hydrogens is 164 g/mol. The molecule has 0 spiro atoms. The third-order valence-electron chi connectivity index (χ3n) is 1.84. The minimum atomic E-state index is 0.482. The van der Waals surface area contributed by atoms with Crippen LogP contribution in [0.25, 0.3) is 0 Å². The van der Waals surface area contributed by atoms with Gasteiger partial charge in [0.15, 0.2) is 0 Å². The van der Waals surface area contributed by atoms with Crippen molar-refractivity contribution in [1.82, 2.24) is 0 Å². The lowest BCUT2D eigenvalue weighted by Crippen LogP contribution is -1.88. The van der Waals surface area contributed by atoms with E-state index in [4.69, 9.17) is 0 Å². The van der Waals surface area contributed by atoms with Crippen LogP contribution in [0.5, 0.6) is 0 Å². The van der Waals surface area contributed by atoms with Gasteiger partial charge in [-0.15, -0.1) is 0 Å². The summed E-state index contributed by atoms with van der Waals surface area (Å²) in [4.78, 5) is 9.46. The highest BCUT2D eigenvalue weighted by Crippen LogP contribution is 2.07. The predicted octanol–water partition coefficient (Wildman–Crippen LogP) is 3.08. The monoisotopic (exact) mass is 184 g/mol. The maximum Gasteiger partial charge on any atom is 0.293 e. The standard InChI is InChI=1S/C6H10.C5H10O2/c1-2-4-6-5-3-1;1-2-3-4-7-5-6/h1-2H,3-6H2;5H,2-4H2,1H3. The van der Waals surface area contributed by atoms with Crippen molar-refractivity contribution < 1.29 is 9.53 Å². The molecule has 0 N–H and O–H groups in total. The molecule has 0 fully saturated rings. The first-order valence-electron chi connectivity index (χ1n) is 5.12. The molecule has 13 heavy (non-hydrogen) atoms. The van der Waals surface area contributed by atoms with Crippen LogP contribution >= 0.6 is 0 Å². The lowest BCUT2D eigenvalue weighted by molar-refractivity contribution is -0.128. The van der Waals surface area contributed by atoms with Crippen LogP contribution in [0.15, 0.2) is 12.2 Å². The van der Waals surface area contributed by atoms with E-state index in [0.717, 1.165) is 12.8 Å². The second-order valence-electron chi connectivity index (χ2n) is 3.08. The lowest BCUT2D eigenvalue weighted by atomic mass is 10.1. The summed E-state index contributed by atoms with van der Waals surface area (Å²) in [5, 5.41) is 0. The maximum absolute atomic E-state index is 9.46. The van der Waals surface area contributed by atoms with Gasteiger partial charge in [-0.05, 0) is 32.1 Å². The third kappa shape index (κ3) is 11.2. The van der Waals surface area contributed by atoms with Crippen molar-refractivity contribution in [2.75, 3.05) is 6.61 Å². The van der Waals surface area contributed by atoms with Crippen LogP contribution in [0.4, 0.5) is 0 Å². The van der Waals surface area contributed by atoms with Crippen molar-refractivity contribution in [2.45, 2.75) is 45.4 Å². The van der Waals surface area contributed by atoms with E-state index in [1.807, 2.05) is 6.92 Å². The van der Waals surface area contributed by atoms with Crippen molar-refractivity contribution in [1.29, 1.82) is 0 Å². The first-order chi connectivity index (χ1) is 6.41. The van der Waals surface area contributed by atoms with Crippen LogP contribution in [0.2, 0.25) is 0 Å². The molecule has 0 atom stereocenters. The van der Waals surface area contributed by atoms with Gasteiger partial charge in [-0.25, -0.2) is 0 Å². The van der Waals surface area contributed by atoms with Gasteiger partial charge >= 0.3 is 0 Å². The Balaban J connectivity index is 0.000000223. The molecule has 0 saturated heterocycles. The number of hydrogen-bond donors (Lipinski definition) is 0. The number of unbranched alkanes of at least 4 members (excludes halogenated alkanes) is 1. The van der Waals surface area contributed by atoms with Crippen molar-refractivity contribution in [3.63, 3.8) is 0 Å². The van der Waals surface area contributed by atoms with Gasteiger partial charge < -0.3 is 4.74 Å². The maximum atomic E-state index is 9.46. The Morgan fingerprint density at radius 1 is 1.31 bits per heavy atom. The molecule has 0 radical (unpaired) electrons. The number of carbonyl (C=O) groups excluding carboxylic acids is 1. The molecule has 0 heterocycles. The highest BCUT2D eigenvalue weighted by atomic mass is 16.5. The van der Waals surface area contributed by atoms with E-state index in [1.54, 1.807) is 0 Å². The summed E-state index contributed by atoms with van der Waals surface area (Å²) in [6, 6.07) is 0.